The number of unbranched alkanes of at least 4 members (excludes halogenated alkanes) is 10. The van der Waals surface area contributed by atoms with Crippen LogP contribution >= 0.6 is 12.2 Å². The van der Waals surface area contributed by atoms with E-state index in [0.717, 1.165) is 24.3 Å². The average molecular weight is 499 g/mol. The first-order valence-electron chi connectivity index (χ1n) is 13.2. The highest BCUT2D eigenvalue weighted by molar-refractivity contribution is 7.80. The van der Waals surface area contributed by atoms with Crippen molar-refractivity contribution in [3.8, 4) is 11.5 Å². The molecule has 0 atom stereocenters. The van der Waals surface area contributed by atoms with Gasteiger partial charge < -0.3 is 20.1 Å². The van der Waals surface area contributed by atoms with E-state index in [-0.39, 0.29) is 5.91 Å². The molecule has 0 aliphatic carbocycles. The molecular formula is C29H42N2O3S. The van der Waals surface area contributed by atoms with Gasteiger partial charge in [-0.1, -0.05) is 95.4 Å². The molecule has 0 bridgehead atoms. The van der Waals surface area contributed by atoms with Crippen molar-refractivity contribution in [2.75, 3.05) is 18.5 Å². The smallest absolute Gasteiger partial charge is 0.226 e. The van der Waals surface area contributed by atoms with E-state index in [2.05, 4.69) is 17.6 Å². The summed E-state index contributed by atoms with van der Waals surface area (Å²) in [7, 11) is 0. The van der Waals surface area contributed by atoms with Gasteiger partial charge in [0, 0.05) is 18.2 Å². The Bertz CT molecular complexity index is 845. The van der Waals surface area contributed by atoms with Gasteiger partial charge in [0.2, 0.25) is 5.91 Å². The van der Waals surface area contributed by atoms with Crippen LogP contribution < -0.4 is 20.1 Å². The lowest BCUT2D eigenvalue weighted by atomic mass is 10.1. The minimum absolute atomic E-state index is 0.0381. The normalized spacial score (nSPS) is 10.5. The molecule has 0 radical (unpaired) electrons. The maximum atomic E-state index is 12.2. The third-order valence-corrected chi connectivity index (χ3v) is 5.92. The lowest BCUT2D eigenvalue weighted by molar-refractivity contribution is -0.119. The van der Waals surface area contributed by atoms with Crippen LogP contribution in [0.2, 0.25) is 0 Å². The van der Waals surface area contributed by atoms with E-state index in [1.165, 1.54) is 57.8 Å². The fraction of sp³-hybridized carbons (Fsp3) is 0.517. The molecule has 5 nitrogen and oxygen atoms in total. The summed E-state index contributed by atoms with van der Waals surface area (Å²) >= 11 is 5.30. The number of thiocarbonyl (C=S) groups is 1. The van der Waals surface area contributed by atoms with Crippen LogP contribution in [0.4, 0.5) is 5.69 Å². The molecule has 0 aromatic heterocycles. The van der Waals surface area contributed by atoms with Crippen molar-refractivity contribution in [2.24, 2.45) is 0 Å². The Hall–Kier alpha value is -2.60. The van der Waals surface area contributed by atoms with Gasteiger partial charge in [-0.2, -0.15) is 0 Å². The number of rotatable bonds is 18. The van der Waals surface area contributed by atoms with Gasteiger partial charge in [0.05, 0.1) is 0 Å². The fourth-order valence-electron chi connectivity index (χ4n) is 3.80. The first-order chi connectivity index (χ1) is 17.2. The standard InChI is InChI=1S/C29H42N2O3S/c1-2-3-4-5-6-7-8-9-10-11-15-21-28(32)31-29(35)30-25-17-16-20-27(24-25)34-23-22-33-26-18-13-12-14-19-26/h12-14,16-20,24H,2-11,15,21-23H2,1H3,(H2,30,31,32,35). The number of hydrogen-bond donors (Lipinski definition) is 2. The molecule has 0 unspecified atom stereocenters. The van der Waals surface area contributed by atoms with Crippen LogP contribution in [0.25, 0.3) is 0 Å². The van der Waals surface area contributed by atoms with E-state index in [1.54, 1.807) is 0 Å². The van der Waals surface area contributed by atoms with Crippen molar-refractivity contribution in [1.29, 1.82) is 0 Å². The van der Waals surface area contributed by atoms with Crippen molar-refractivity contribution in [3.05, 3.63) is 54.6 Å². The number of ether oxygens (including phenoxy) is 2. The Labute approximate surface area is 217 Å². The van der Waals surface area contributed by atoms with E-state index in [9.17, 15) is 4.79 Å². The first-order valence-corrected chi connectivity index (χ1v) is 13.6. The number of nitrogens with one attached hydrogen (secondary N) is 2. The van der Waals surface area contributed by atoms with Gasteiger partial charge in [-0.25, -0.2) is 0 Å². The molecule has 0 saturated heterocycles. The summed E-state index contributed by atoms with van der Waals surface area (Å²) in [4.78, 5) is 12.2. The highest BCUT2D eigenvalue weighted by Crippen LogP contribution is 2.18. The van der Waals surface area contributed by atoms with Gasteiger partial charge in [0.25, 0.3) is 0 Å². The molecule has 2 rings (SSSR count). The summed E-state index contributed by atoms with van der Waals surface area (Å²) in [5.74, 6) is 1.49. The molecule has 2 aromatic rings. The maximum absolute atomic E-state index is 12.2. The molecule has 2 N–H and O–H groups in total. The first kappa shape index (κ1) is 28.6. The molecular weight excluding hydrogens is 456 g/mol. The second-order valence-electron chi connectivity index (χ2n) is 8.83. The number of anilines is 1. The maximum Gasteiger partial charge on any atom is 0.226 e. The van der Waals surface area contributed by atoms with Crippen LogP contribution in [0.1, 0.15) is 84.0 Å². The van der Waals surface area contributed by atoms with Crippen molar-refractivity contribution < 1.29 is 14.3 Å². The summed E-state index contributed by atoms with van der Waals surface area (Å²) in [6, 6.07) is 17.1. The second-order valence-corrected chi connectivity index (χ2v) is 9.23. The SMILES string of the molecule is CCCCCCCCCCCCCC(=O)NC(=S)Nc1cccc(OCCOc2ccccc2)c1. The van der Waals surface area contributed by atoms with Gasteiger partial charge in [-0.05, 0) is 42.9 Å². The van der Waals surface area contributed by atoms with Crippen molar-refractivity contribution in [3.63, 3.8) is 0 Å². The molecule has 0 aliphatic rings. The molecule has 1 amide bonds. The van der Waals surface area contributed by atoms with E-state index in [1.807, 2.05) is 54.6 Å². The second kappa shape index (κ2) is 18.7. The average Bonchev–Trinajstić information content (AvgIpc) is 2.86. The summed E-state index contributed by atoms with van der Waals surface area (Å²) in [5.41, 5.74) is 0.770. The zero-order chi connectivity index (χ0) is 25.0. The van der Waals surface area contributed by atoms with E-state index in [0.29, 0.717) is 30.5 Å². The van der Waals surface area contributed by atoms with Gasteiger partial charge in [0.1, 0.15) is 24.7 Å². The number of amides is 1. The lowest BCUT2D eigenvalue weighted by Gasteiger charge is -2.12. The zero-order valence-electron chi connectivity index (χ0n) is 21.2. The molecule has 35 heavy (non-hydrogen) atoms. The topological polar surface area (TPSA) is 59.6 Å². The van der Waals surface area contributed by atoms with E-state index < -0.39 is 0 Å². The van der Waals surface area contributed by atoms with E-state index in [4.69, 9.17) is 21.7 Å². The number of hydrogen-bond acceptors (Lipinski definition) is 4. The zero-order valence-corrected chi connectivity index (χ0v) is 22.0. The molecule has 2 aromatic carbocycles. The third kappa shape index (κ3) is 14.4. The Morgan fingerprint density at radius 1 is 0.743 bits per heavy atom. The Balaban J connectivity index is 1.52. The Morgan fingerprint density at radius 3 is 1.97 bits per heavy atom. The Morgan fingerprint density at radius 2 is 1.31 bits per heavy atom. The molecule has 0 heterocycles. The molecule has 0 saturated carbocycles. The lowest BCUT2D eigenvalue weighted by Crippen LogP contribution is -2.33. The van der Waals surface area contributed by atoms with E-state index >= 15 is 0 Å². The van der Waals surface area contributed by atoms with Gasteiger partial charge in [0.15, 0.2) is 5.11 Å². The van der Waals surface area contributed by atoms with Gasteiger partial charge in [-0.15, -0.1) is 0 Å². The van der Waals surface area contributed by atoms with Crippen LogP contribution in [-0.2, 0) is 4.79 Å². The molecule has 0 spiro atoms. The number of benzene rings is 2. The monoisotopic (exact) mass is 498 g/mol. The molecule has 192 valence electrons. The highest BCUT2D eigenvalue weighted by atomic mass is 32.1. The fourth-order valence-corrected chi connectivity index (χ4v) is 4.03. The number of carbonyl (C=O) groups is 1. The number of para-hydroxylation sites is 1. The molecule has 0 aliphatic heterocycles. The van der Waals surface area contributed by atoms with Crippen molar-refractivity contribution in [1.82, 2.24) is 5.32 Å². The van der Waals surface area contributed by atoms with Crippen LogP contribution in [0.3, 0.4) is 0 Å². The van der Waals surface area contributed by atoms with Gasteiger partial charge >= 0.3 is 0 Å². The summed E-state index contributed by atoms with van der Waals surface area (Å²) in [6.07, 6.45) is 14.4. The Kier molecular flexibility index (Phi) is 15.3. The minimum atomic E-state index is -0.0381. The van der Waals surface area contributed by atoms with Crippen LogP contribution in [0.15, 0.2) is 54.6 Å². The molecule has 6 heteroatoms. The van der Waals surface area contributed by atoms with Crippen LogP contribution in [-0.4, -0.2) is 24.2 Å². The largest absolute Gasteiger partial charge is 0.490 e. The predicted octanol–water partition coefficient (Wildman–Crippen LogP) is 7.66. The van der Waals surface area contributed by atoms with Crippen LogP contribution in [0, 0.1) is 0 Å². The predicted molar refractivity (Wildman–Crippen MR) is 149 cm³/mol. The minimum Gasteiger partial charge on any atom is -0.490 e. The van der Waals surface area contributed by atoms with Crippen molar-refractivity contribution >= 4 is 28.9 Å². The van der Waals surface area contributed by atoms with Crippen molar-refractivity contribution in [2.45, 2.75) is 84.0 Å². The number of carbonyl (C=O) groups excluding carboxylic acids is 1. The summed E-state index contributed by atoms with van der Waals surface area (Å²) in [6.45, 7) is 3.14. The quantitative estimate of drug-likeness (QED) is 0.163. The van der Waals surface area contributed by atoms with Crippen LogP contribution in [0.5, 0.6) is 11.5 Å². The van der Waals surface area contributed by atoms with Gasteiger partial charge in [-0.3, -0.25) is 4.79 Å². The highest BCUT2D eigenvalue weighted by Gasteiger charge is 2.06. The summed E-state index contributed by atoms with van der Waals surface area (Å²) in [5, 5.41) is 6.14. The summed E-state index contributed by atoms with van der Waals surface area (Å²) < 4.78 is 11.4. The molecule has 0 fully saturated rings. The third-order valence-electron chi connectivity index (χ3n) is 5.72.